The molecule has 0 aliphatic heterocycles. The largest absolute Gasteiger partial charge is 0.241 e. The third-order valence-electron chi connectivity index (χ3n) is 3.94. The molecule has 3 rings (SSSR count). The van der Waals surface area contributed by atoms with Crippen LogP contribution in [0.15, 0.2) is 77.7 Å². The molecule has 1 atom stereocenters. The van der Waals surface area contributed by atoms with Gasteiger partial charge in [-0.25, -0.2) is 13.1 Å². The van der Waals surface area contributed by atoms with Crippen molar-refractivity contribution >= 4 is 20.8 Å². The fourth-order valence-electron chi connectivity index (χ4n) is 2.66. The Bertz CT molecular complexity index is 905. The third kappa shape index (κ3) is 3.44. The Morgan fingerprint density at radius 2 is 1.52 bits per heavy atom. The van der Waals surface area contributed by atoms with Crippen LogP contribution in [0, 0.1) is 0 Å². The summed E-state index contributed by atoms with van der Waals surface area (Å²) in [4.78, 5) is 0.297. The monoisotopic (exact) mass is 325 g/mol. The van der Waals surface area contributed by atoms with E-state index in [1.54, 1.807) is 12.1 Å². The van der Waals surface area contributed by atoms with Crippen LogP contribution in [-0.2, 0) is 10.0 Å². The predicted molar refractivity (Wildman–Crippen MR) is 93.7 cm³/mol. The average Bonchev–Trinajstić information content (AvgIpc) is 2.60. The summed E-state index contributed by atoms with van der Waals surface area (Å²) in [6, 6.07) is 22.4. The van der Waals surface area contributed by atoms with Crippen LogP contribution in [-0.4, -0.2) is 8.42 Å². The molecule has 0 saturated carbocycles. The molecule has 0 aliphatic carbocycles. The number of benzene rings is 3. The Kier molecular flexibility index (Phi) is 4.46. The maximum atomic E-state index is 12.7. The molecule has 0 heterocycles. The Balaban J connectivity index is 1.93. The Morgan fingerprint density at radius 3 is 2.22 bits per heavy atom. The first-order chi connectivity index (χ1) is 11.1. The molecule has 0 bridgehead atoms. The van der Waals surface area contributed by atoms with Gasteiger partial charge >= 0.3 is 0 Å². The molecule has 3 aromatic carbocycles. The first-order valence-electron chi connectivity index (χ1n) is 7.66. The lowest BCUT2D eigenvalue weighted by molar-refractivity contribution is 0.550. The van der Waals surface area contributed by atoms with Crippen LogP contribution in [0.4, 0.5) is 0 Å². The maximum Gasteiger partial charge on any atom is 0.241 e. The van der Waals surface area contributed by atoms with Gasteiger partial charge in [-0.15, -0.1) is 0 Å². The van der Waals surface area contributed by atoms with E-state index in [1.807, 2.05) is 67.6 Å². The highest BCUT2D eigenvalue weighted by Gasteiger charge is 2.20. The molecule has 118 valence electrons. The van der Waals surface area contributed by atoms with Crippen molar-refractivity contribution in [3.8, 4) is 0 Å². The molecule has 23 heavy (non-hydrogen) atoms. The zero-order chi connectivity index (χ0) is 16.3. The third-order valence-corrected chi connectivity index (χ3v) is 5.41. The SMILES string of the molecule is CCC(NS(=O)(=O)c1ccc2ccccc2c1)c1ccccc1. The normalized spacial score (nSPS) is 13.1. The van der Waals surface area contributed by atoms with Crippen molar-refractivity contribution in [1.82, 2.24) is 4.72 Å². The molecule has 0 amide bonds. The topological polar surface area (TPSA) is 46.2 Å². The first kappa shape index (κ1) is 15.7. The van der Waals surface area contributed by atoms with Crippen LogP contribution < -0.4 is 4.72 Å². The average molecular weight is 325 g/mol. The van der Waals surface area contributed by atoms with Crippen molar-refractivity contribution in [3.05, 3.63) is 78.4 Å². The highest BCUT2D eigenvalue weighted by molar-refractivity contribution is 7.89. The highest BCUT2D eigenvalue weighted by Crippen LogP contribution is 2.22. The lowest BCUT2D eigenvalue weighted by Crippen LogP contribution is -2.28. The second-order valence-electron chi connectivity index (χ2n) is 5.50. The molecule has 4 heteroatoms. The van der Waals surface area contributed by atoms with Crippen LogP contribution in [0.3, 0.4) is 0 Å². The van der Waals surface area contributed by atoms with Crippen molar-refractivity contribution in [1.29, 1.82) is 0 Å². The van der Waals surface area contributed by atoms with E-state index in [1.165, 1.54) is 0 Å². The number of rotatable bonds is 5. The first-order valence-corrected chi connectivity index (χ1v) is 9.14. The van der Waals surface area contributed by atoms with Crippen LogP contribution >= 0.6 is 0 Å². The van der Waals surface area contributed by atoms with Crippen LogP contribution in [0.5, 0.6) is 0 Å². The molecule has 0 aliphatic rings. The maximum absolute atomic E-state index is 12.7. The van der Waals surface area contributed by atoms with Crippen molar-refractivity contribution in [2.24, 2.45) is 0 Å². The second kappa shape index (κ2) is 6.52. The van der Waals surface area contributed by atoms with E-state index in [-0.39, 0.29) is 6.04 Å². The molecule has 0 spiro atoms. The molecule has 0 radical (unpaired) electrons. The molecular formula is C19H19NO2S. The Morgan fingerprint density at radius 1 is 0.870 bits per heavy atom. The van der Waals surface area contributed by atoms with Gasteiger partial charge in [0.15, 0.2) is 0 Å². The van der Waals surface area contributed by atoms with E-state index in [4.69, 9.17) is 0 Å². The molecule has 0 fully saturated rings. The molecule has 3 nitrogen and oxygen atoms in total. The van der Waals surface area contributed by atoms with Crippen molar-refractivity contribution in [3.63, 3.8) is 0 Å². The van der Waals surface area contributed by atoms with Crippen LogP contribution in [0.25, 0.3) is 10.8 Å². The van der Waals surface area contributed by atoms with Crippen LogP contribution in [0.1, 0.15) is 24.9 Å². The van der Waals surface area contributed by atoms with Crippen LogP contribution in [0.2, 0.25) is 0 Å². The van der Waals surface area contributed by atoms with E-state index in [0.29, 0.717) is 11.3 Å². The summed E-state index contributed by atoms with van der Waals surface area (Å²) in [6.45, 7) is 1.97. The van der Waals surface area contributed by atoms with Crippen molar-refractivity contribution < 1.29 is 8.42 Å². The van der Waals surface area contributed by atoms with Gasteiger partial charge in [-0.05, 0) is 34.9 Å². The lowest BCUT2D eigenvalue weighted by atomic mass is 10.1. The zero-order valence-corrected chi connectivity index (χ0v) is 13.8. The van der Waals surface area contributed by atoms with Gasteiger partial charge in [-0.3, -0.25) is 0 Å². The second-order valence-corrected chi connectivity index (χ2v) is 7.22. The van der Waals surface area contributed by atoms with E-state index in [0.717, 1.165) is 16.3 Å². The zero-order valence-electron chi connectivity index (χ0n) is 12.9. The van der Waals surface area contributed by atoms with E-state index in [2.05, 4.69) is 4.72 Å². The smallest absolute Gasteiger partial charge is 0.207 e. The summed E-state index contributed by atoms with van der Waals surface area (Å²) in [5, 5.41) is 1.95. The number of fused-ring (bicyclic) bond motifs is 1. The van der Waals surface area contributed by atoms with Crippen molar-refractivity contribution in [2.45, 2.75) is 24.3 Å². The highest BCUT2D eigenvalue weighted by atomic mass is 32.2. The van der Waals surface area contributed by atoms with Gasteiger partial charge in [0.25, 0.3) is 0 Å². The summed E-state index contributed by atoms with van der Waals surface area (Å²) in [6.07, 6.45) is 0.691. The molecule has 0 saturated heterocycles. The fraction of sp³-hybridized carbons (Fsp3) is 0.158. The van der Waals surface area contributed by atoms with Gasteiger partial charge in [-0.2, -0.15) is 0 Å². The van der Waals surface area contributed by atoms with E-state index >= 15 is 0 Å². The number of hydrogen-bond acceptors (Lipinski definition) is 2. The standard InChI is InChI=1S/C19H19NO2S/c1-2-19(16-9-4-3-5-10-16)20-23(21,22)18-13-12-15-8-6-7-11-17(15)14-18/h3-14,19-20H,2H2,1H3. The van der Waals surface area contributed by atoms with Gasteiger partial charge in [0, 0.05) is 6.04 Å². The van der Waals surface area contributed by atoms with Gasteiger partial charge < -0.3 is 0 Å². The Labute approximate surface area is 137 Å². The molecule has 0 aromatic heterocycles. The molecule has 1 N–H and O–H groups in total. The summed E-state index contributed by atoms with van der Waals surface area (Å²) in [5.41, 5.74) is 0.972. The minimum absolute atomic E-state index is 0.229. The summed E-state index contributed by atoms with van der Waals surface area (Å²) >= 11 is 0. The fourth-order valence-corrected chi connectivity index (χ4v) is 4.01. The van der Waals surface area contributed by atoms with E-state index < -0.39 is 10.0 Å². The predicted octanol–water partition coefficient (Wildman–Crippen LogP) is 4.27. The number of nitrogens with one attached hydrogen (secondary N) is 1. The molecule has 1 unspecified atom stereocenters. The Hall–Kier alpha value is -2.17. The van der Waals surface area contributed by atoms with Gasteiger partial charge in [-0.1, -0.05) is 67.6 Å². The number of sulfonamides is 1. The van der Waals surface area contributed by atoms with Gasteiger partial charge in [0.2, 0.25) is 10.0 Å². The van der Waals surface area contributed by atoms with E-state index in [9.17, 15) is 8.42 Å². The molecule has 3 aromatic rings. The minimum Gasteiger partial charge on any atom is -0.207 e. The van der Waals surface area contributed by atoms with Gasteiger partial charge in [0.1, 0.15) is 0 Å². The lowest BCUT2D eigenvalue weighted by Gasteiger charge is -2.17. The summed E-state index contributed by atoms with van der Waals surface area (Å²) in [5.74, 6) is 0. The minimum atomic E-state index is -3.56. The summed E-state index contributed by atoms with van der Waals surface area (Å²) < 4.78 is 28.2. The summed E-state index contributed by atoms with van der Waals surface area (Å²) in [7, 11) is -3.56. The molecular weight excluding hydrogens is 306 g/mol. The van der Waals surface area contributed by atoms with Gasteiger partial charge in [0.05, 0.1) is 4.90 Å². The number of hydrogen-bond donors (Lipinski definition) is 1. The quantitative estimate of drug-likeness (QED) is 0.761. The van der Waals surface area contributed by atoms with Crippen molar-refractivity contribution in [2.75, 3.05) is 0 Å².